The number of ether oxygens (including phenoxy) is 1. The molecule has 0 spiro atoms. The van der Waals surface area contributed by atoms with Crippen molar-refractivity contribution in [2.75, 3.05) is 31.4 Å². The summed E-state index contributed by atoms with van der Waals surface area (Å²) in [4.78, 5) is 6.38. The third-order valence-electron chi connectivity index (χ3n) is 4.88. The van der Waals surface area contributed by atoms with E-state index < -0.39 is 0 Å². The zero-order chi connectivity index (χ0) is 18.1. The molecule has 0 amide bonds. The fourth-order valence-electron chi connectivity index (χ4n) is 3.45. The first-order valence-corrected chi connectivity index (χ1v) is 8.83. The molecule has 1 aliphatic heterocycles. The number of hydrogen-bond acceptors (Lipinski definition) is 4. The summed E-state index contributed by atoms with van der Waals surface area (Å²) < 4.78 is 6.29. The van der Waals surface area contributed by atoms with Crippen LogP contribution in [-0.4, -0.2) is 26.9 Å². The molecule has 4 rings (SSSR count). The first kappa shape index (κ1) is 16.5. The maximum atomic E-state index is 6.29. The van der Waals surface area contributed by atoms with E-state index in [-0.39, 0.29) is 12.0 Å². The van der Waals surface area contributed by atoms with E-state index in [1.54, 1.807) is 7.05 Å². The molecule has 0 radical (unpaired) electrons. The van der Waals surface area contributed by atoms with Gasteiger partial charge in [-0.25, -0.2) is 0 Å². The maximum absolute atomic E-state index is 6.29. The van der Waals surface area contributed by atoms with Gasteiger partial charge in [-0.15, -0.1) is 0 Å². The lowest BCUT2D eigenvalue weighted by Crippen LogP contribution is -2.30. The van der Waals surface area contributed by atoms with Gasteiger partial charge in [0.15, 0.2) is 0 Å². The van der Waals surface area contributed by atoms with E-state index in [4.69, 9.17) is 4.74 Å². The minimum Gasteiger partial charge on any atom is -0.460 e. The summed E-state index contributed by atoms with van der Waals surface area (Å²) >= 11 is 0. The van der Waals surface area contributed by atoms with Gasteiger partial charge in [-0.3, -0.25) is 4.99 Å². The van der Waals surface area contributed by atoms with Crippen LogP contribution in [0.3, 0.4) is 0 Å². The van der Waals surface area contributed by atoms with Crippen molar-refractivity contribution in [3.63, 3.8) is 0 Å². The number of hydrogen-bond donors (Lipinski definition) is 1. The van der Waals surface area contributed by atoms with Crippen LogP contribution in [0.1, 0.15) is 11.6 Å². The lowest BCUT2D eigenvalue weighted by molar-refractivity contribution is 0.320. The quantitative estimate of drug-likeness (QED) is 0.893. The Labute approximate surface area is 154 Å². The molecule has 2 aliphatic rings. The predicted octanol–water partition coefficient (Wildman–Crippen LogP) is 4.44. The van der Waals surface area contributed by atoms with Gasteiger partial charge >= 0.3 is 0 Å². The van der Waals surface area contributed by atoms with E-state index in [2.05, 4.69) is 57.7 Å². The topological polar surface area (TPSA) is 36.9 Å². The summed E-state index contributed by atoms with van der Waals surface area (Å²) in [6.07, 6.45) is 6.28. The average Bonchev–Trinajstić information content (AvgIpc) is 2.67. The largest absolute Gasteiger partial charge is 0.460 e. The van der Waals surface area contributed by atoms with Crippen LogP contribution in [0.2, 0.25) is 0 Å². The molecule has 2 unspecified atom stereocenters. The van der Waals surface area contributed by atoms with Crippen molar-refractivity contribution < 1.29 is 4.74 Å². The molecule has 0 saturated carbocycles. The standard InChI is InChI=1S/C22H23N3O/c1-23-16-9-11-18-20(13-16)26-21-14-17(25(2)3)10-12-19(21)22(18)24-15-7-5-4-6-8-15/h4-14,18,22,24H,1-3H3/b23-16-. The Bertz CT molecular complexity index is 897. The number of aliphatic imine (C=N–C) groups is 1. The summed E-state index contributed by atoms with van der Waals surface area (Å²) in [5, 5.41) is 3.69. The molecular formula is C22H23N3O. The molecule has 2 atom stereocenters. The second kappa shape index (κ2) is 6.71. The van der Waals surface area contributed by atoms with Gasteiger partial charge in [0.25, 0.3) is 0 Å². The minimum atomic E-state index is 0.110. The smallest absolute Gasteiger partial charge is 0.134 e. The highest BCUT2D eigenvalue weighted by atomic mass is 16.5. The van der Waals surface area contributed by atoms with Crippen LogP contribution >= 0.6 is 0 Å². The Kier molecular flexibility index (Phi) is 4.25. The first-order chi connectivity index (χ1) is 12.7. The number of nitrogens with zero attached hydrogens (tertiary/aromatic N) is 2. The molecule has 2 aromatic rings. The van der Waals surface area contributed by atoms with Crippen LogP contribution in [0.4, 0.5) is 11.4 Å². The monoisotopic (exact) mass is 345 g/mol. The molecule has 1 N–H and O–H groups in total. The molecule has 26 heavy (non-hydrogen) atoms. The van der Waals surface area contributed by atoms with Crippen molar-refractivity contribution in [3.8, 4) is 5.75 Å². The third kappa shape index (κ3) is 2.99. The number of anilines is 2. The highest BCUT2D eigenvalue weighted by Gasteiger charge is 2.35. The van der Waals surface area contributed by atoms with Gasteiger partial charge in [-0.2, -0.15) is 0 Å². The van der Waals surface area contributed by atoms with E-state index in [1.807, 2.05) is 38.4 Å². The Morgan fingerprint density at radius 1 is 1.08 bits per heavy atom. The van der Waals surface area contributed by atoms with Gasteiger partial charge < -0.3 is 15.0 Å². The fraction of sp³-hybridized carbons (Fsp3) is 0.227. The Morgan fingerprint density at radius 3 is 2.62 bits per heavy atom. The average molecular weight is 345 g/mol. The molecule has 4 heteroatoms. The van der Waals surface area contributed by atoms with Gasteiger partial charge in [0.2, 0.25) is 0 Å². The van der Waals surface area contributed by atoms with Crippen LogP contribution in [0.15, 0.2) is 77.5 Å². The van der Waals surface area contributed by atoms with Crippen LogP contribution in [0.5, 0.6) is 5.75 Å². The van der Waals surface area contributed by atoms with Crippen molar-refractivity contribution in [2.45, 2.75) is 6.04 Å². The second-order valence-corrected chi connectivity index (χ2v) is 6.79. The Balaban J connectivity index is 1.79. The van der Waals surface area contributed by atoms with Crippen molar-refractivity contribution in [1.82, 2.24) is 0 Å². The summed E-state index contributed by atoms with van der Waals surface area (Å²) in [5.74, 6) is 1.97. The molecular weight excluding hydrogens is 322 g/mol. The molecule has 132 valence electrons. The molecule has 2 aromatic carbocycles. The number of fused-ring (bicyclic) bond motifs is 2. The van der Waals surface area contributed by atoms with Gasteiger partial charge in [0.1, 0.15) is 11.5 Å². The number of rotatable bonds is 3. The molecule has 0 aromatic heterocycles. The lowest BCUT2D eigenvalue weighted by atomic mass is 9.84. The lowest BCUT2D eigenvalue weighted by Gasteiger charge is -2.36. The summed E-state index contributed by atoms with van der Waals surface area (Å²) in [6.45, 7) is 0. The van der Waals surface area contributed by atoms with Gasteiger partial charge in [0.05, 0.1) is 17.7 Å². The molecule has 0 fully saturated rings. The first-order valence-electron chi connectivity index (χ1n) is 8.83. The highest BCUT2D eigenvalue weighted by molar-refractivity contribution is 6.05. The van der Waals surface area contributed by atoms with Crippen molar-refractivity contribution in [3.05, 3.63) is 78.1 Å². The zero-order valence-electron chi connectivity index (χ0n) is 15.3. The highest BCUT2D eigenvalue weighted by Crippen LogP contribution is 2.45. The van der Waals surface area contributed by atoms with Gasteiger partial charge in [0, 0.05) is 50.2 Å². The van der Waals surface area contributed by atoms with Crippen molar-refractivity contribution >= 4 is 17.1 Å². The normalized spacial score (nSPS) is 22.1. The van der Waals surface area contributed by atoms with Gasteiger partial charge in [-0.05, 0) is 24.3 Å². The predicted molar refractivity (Wildman–Crippen MR) is 108 cm³/mol. The van der Waals surface area contributed by atoms with E-state index in [1.165, 1.54) is 5.56 Å². The molecule has 4 nitrogen and oxygen atoms in total. The number of para-hydroxylation sites is 1. The van der Waals surface area contributed by atoms with Crippen molar-refractivity contribution in [1.29, 1.82) is 0 Å². The van der Waals surface area contributed by atoms with E-state index in [0.29, 0.717) is 0 Å². The molecule has 1 aliphatic carbocycles. The second-order valence-electron chi connectivity index (χ2n) is 6.79. The summed E-state index contributed by atoms with van der Waals surface area (Å²) in [6, 6.07) is 16.8. The number of nitrogens with one attached hydrogen (secondary N) is 1. The SMILES string of the molecule is C/N=C1/C=CC2C(=C1)Oc1cc(N(C)C)ccc1C2Nc1ccccc1. The van der Waals surface area contributed by atoms with Gasteiger partial charge in [-0.1, -0.05) is 30.3 Å². The zero-order valence-corrected chi connectivity index (χ0v) is 15.3. The van der Waals surface area contributed by atoms with E-state index in [0.717, 1.165) is 28.6 Å². The van der Waals surface area contributed by atoms with Crippen molar-refractivity contribution in [2.24, 2.45) is 10.9 Å². The third-order valence-corrected chi connectivity index (χ3v) is 4.88. The van der Waals surface area contributed by atoms with Crippen LogP contribution in [0, 0.1) is 5.92 Å². The fourth-order valence-corrected chi connectivity index (χ4v) is 3.45. The number of allylic oxidation sites excluding steroid dienone is 2. The molecule has 0 bridgehead atoms. The Hall–Kier alpha value is -3.01. The van der Waals surface area contributed by atoms with Crippen LogP contribution in [0.25, 0.3) is 0 Å². The van der Waals surface area contributed by atoms with Crippen LogP contribution < -0.4 is 15.0 Å². The minimum absolute atomic E-state index is 0.110. The summed E-state index contributed by atoms with van der Waals surface area (Å²) in [5.41, 5.74) is 4.33. The van der Waals surface area contributed by atoms with E-state index >= 15 is 0 Å². The maximum Gasteiger partial charge on any atom is 0.134 e. The summed E-state index contributed by atoms with van der Waals surface area (Å²) in [7, 11) is 5.88. The van der Waals surface area contributed by atoms with Crippen LogP contribution in [-0.2, 0) is 0 Å². The molecule has 0 saturated heterocycles. The van der Waals surface area contributed by atoms with E-state index in [9.17, 15) is 0 Å². The number of benzene rings is 2. The molecule has 1 heterocycles. The Morgan fingerprint density at radius 2 is 1.88 bits per heavy atom.